The molecule has 0 bridgehead atoms. The molecule has 0 unspecified atom stereocenters. The van der Waals surface area contributed by atoms with Gasteiger partial charge in [-0.15, -0.1) is 10.2 Å². The summed E-state index contributed by atoms with van der Waals surface area (Å²) in [4.78, 5) is 11.1. The molecular formula is C11H10FN3OS. The SMILES string of the molecule is Cc1nnc(Sc2c(F)cccc2C=O)n1C. The molecule has 0 N–H and O–H groups in total. The number of nitrogens with zero attached hydrogens (tertiary/aromatic N) is 3. The molecule has 0 aliphatic heterocycles. The number of aldehydes is 1. The summed E-state index contributed by atoms with van der Waals surface area (Å²) >= 11 is 1.10. The van der Waals surface area contributed by atoms with Gasteiger partial charge in [-0.05, 0) is 24.8 Å². The van der Waals surface area contributed by atoms with Gasteiger partial charge in [0.25, 0.3) is 0 Å². The van der Waals surface area contributed by atoms with Crippen LogP contribution in [0.15, 0.2) is 28.3 Å². The molecule has 17 heavy (non-hydrogen) atoms. The van der Waals surface area contributed by atoms with Crippen molar-refractivity contribution in [1.29, 1.82) is 0 Å². The van der Waals surface area contributed by atoms with Crippen LogP contribution in [0.1, 0.15) is 16.2 Å². The Bertz CT molecular complexity index is 568. The van der Waals surface area contributed by atoms with Gasteiger partial charge in [0.1, 0.15) is 11.6 Å². The van der Waals surface area contributed by atoms with Gasteiger partial charge in [0, 0.05) is 12.6 Å². The molecule has 2 aromatic rings. The van der Waals surface area contributed by atoms with Gasteiger partial charge in [-0.25, -0.2) is 4.39 Å². The van der Waals surface area contributed by atoms with Crippen LogP contribution in [-0.2, 0) is 7.05 Å². The Hall–Kier alpha value is -1.69. The van der Waals surface area contributed by atoms with Crippen molar-refractivity contribution in [2.45, 2.75) is 17.0 Å². The Labute approximate surface area is 102 Å². The van der Waals surface area contributed by atoms with Crippen LogP contribution < -0.4 is 0 Å². The Kier molecular flexibility index (Phi) is 3.23. The summed E-state index contributed by atoms with van der Waals surface area (Å²) in [6.45, 7) is 1.80. The normalized spacial score (nSPS) is 10.5. The number of aryl methyl sites for hydroxylation is 1. The Morgan fingerprint density at radius 3 is 2.76 bits per heavy atom. The molecule has 0 atom stereocenters. The second-order valence-corrected chi connectivity index (χ2v) is 4.44. The Morgan fingerprint density at radius 1 is 1.41 bits per heavy atom. The van der Waals surface area contributed by atoms with Gasteiger partial charge < -0.3 is 4.57 Å². The van der Waals surface area contributed by atoms with Gasteiger partial charge >= 0.3 is 0 Å². The van der Waals surface area contributed by atoms with Crippen molar-refractivity contribution in [2.24, 2.45) is 7.05 Å². The first-order valence-corrected chi connectivity index (χ1v) is 5.72. The molecule has 0 aliphatic rings. The highest BCUT2D eigenvalue weighted by Crippen LogP contribution is 2.30. The van der Waals surface area contributed by atoms with Gasteiger partial charge in [-0.3, -0.25) is 4.79 Å². The summed E-state index contributed by atoms with van der Waals surface area (Å²) in [6.07, 6.45) is 0.634. The molecule has 0 spiro atoms. The zero-order valence-electron chi connectivity index (χ0n) is 9.35. The number of halogens is 1. The Morgan fingerprint density at radius 2 is 2.18 bits per heavy atom. The second-order valence-electron chi connectivity index (χ2n) is 3.47. The van der Waals surface area contributed by atoms with E-state index in [0.717, 1.165) is 17.6 Å². The van der Waals surface area contributed by atoms with Crippen LogP contribution in [0.25, 0.3) is 0 Å². The number of benzene rings is 1. The van der Waals surface area contributed by atoms with Gasteiger partial charge in [0.2, 0.25) is 0 Å². The molecular weight excluding hydrogens is 241 g/mol. The van der Waals surface area contributed by atoms with E-state index < -0.39 is 5.82 Å². The summed E-state index contributed by atoms with van der Waals surface area (Å²) in [5.74, 6) is 0.303. The number of carbonyl (C=O) groups excluding carboxylic acids is 1. The van der Waals surface area contributed by atoms with Crippen molar-refractivity contribution in [3.63, 3.8) is 0 Å². The van der Waals surface area contributed by atoms with Crippen molar-refractivity contribution in [2.75, 3.05) is 0 Å². The summed E-state index contributed by atoms with van der Waals surface area (Å²) < 4.78 is 15.4. The van der Waals surface area contributed by atoms with Gasteiger partial charge in [0.05, 0.1) is 4.90 Å². The number of carbonyl (C=O) groups is 1. The zero-order chi connectivity index (χ0) is 12.4. The lowest BCUT2D eigenvalue weighted by Crippen LogP contribution is -1.96. The maximum Gasteiger partial charge on any atom is 0.195 e. The van der Waals surface area contributed by atoms with E-state index >= 15 is 0 Å². The largest absolute Gasteiger partial charge is 0.309 e. The highest BCUT2D eigenvalue weighted by atomic mass is 32.2. The highest BCUT2D eigenvalue weighted by molar-refractivity contribution is 7.99. The average Bonchev–Trinajstić information content (AvgIpc) is 2.63. The maximum absolute atomic E-state index is 13.6. The lowest BCUT2D eigenvalue weighted by Gasteiger charge is -2.05. The summed E-state index contributed by atoms with van der Waals surface area (Å²) in [6, 6.07) is 4.39. The van der Waals surface area contributed by atoms with Crippen LogP contribution in [0.4, 0.5) is 4.39 Å². The van der Waals surface area contributed by atoms with Crippen LogP contribution in [0.2, 0.25) is 0 Å². The maximum atomic E-state index is 13.6. The Balaban J connectivity index is 2.42. The fourth-order valence-electron chi connectivity index (χ4n) is 1.29. The van der Waals surface area contributed by atoms with Gasteiger partial charge in [0.15, 0.2) is 11.4 Å². The van der Waals surface area contributed by atoms with Crippen LogP contribution in [0.3, 0.4) is 0 Å². The fraction of sp³-hybridized carbons (Fsp3) is 0.182. The standard InChI is InChI=1S/C11H10FN3OS/c1-7-13-14-11(15(7)2)17-10-8(6-16)4-3-5-9(10)12/h3-6H,1-2H3. The molecule has 0 aliphatic carbocycles. The molecule has 0 amide bonds. The predicted octanol–water partition coefficient (Wildman–Crippen LogP) is 2.23. The topological polar surface area (TPSA) is 47.8 Å². The van der Waals surface area contributed by atoms with Crippen LogP contribution in [0, 0.1) is 12.7 Å². The molecule has 1 aromatic carbocycles. The number of aromatic nitrogens is 3. The summed E-state index contributed by atoms with van der Waals surface area (Å²) in [7, 11) is 1.79. The monoisotopic (exact) mass is 251 g/mol. The predicted molar refractivity (Wildman–Crippen MR) is 61.7 cm³/mol. The third kappa shape index (κ3) is 2.21. The van der Waals surface area contributed by atoms with E-state index in [0.29, 0.717) is 17.0 Å². The van der Waals surface area contributed by atoms with E-state index in [4.69, 9.17) is 0 Å². The lowest BCUT2D eigenvalue weighted by atomic mass is 10.2. The first-order valence-electron chi connectivity index (χ1n) is 4.91. The number of hydrogen-bond donors (Lipinski definition) is 0. The third-order valence-electron chi connectivity index (χ3n) is 2.37. The summed E-state index contributed by atoms with van der Waals surface area (Å²) in [5, 5.41) is 8.35. The van der Waals surface area contributed by atoms with E-state index in [-0.39, 0.29) is 4.90 Å². The smallest absolute Gasteiger partial charge is 0.195 e. The van der Waals surface area contributed by atoms with Crippen molar-refractivity contribution < 1.29 is 9.18 Å². The minimum atomic E-state index is -0.430. The molecule has 0 radical (unpaired) electrons. The lowest BCUT2D eigenvalue weighted by molar-refractivity contribution is 0.112. The van der Waals surface area contributed by atoms with Gasteiger partial charge in [-0.2, -0.15) is 0 Å². The molecule has 0 saturated heterocycles. The van der Waals surface area contributed by atoms with Crippen LogP contribution in [0.5, 0.6) is 0 Å². The highest BCUT2D eigenvalue weighted by Gasteiger charge is 2.13. The molecule has 1 aromatic heterocycles. The first kappa shape index (κ1) is 11.8. The fourth-order valence-corrected chi connectivity index (χ4v) is 2.23. The second kappa shape index (κ2) is 4.67. The zero-order valence-corrected chi connectivity index (χ0v) is 10.2. The minimum Gasteiger partial charge on any atom is -0.309 e. The van der Waals surface area contributed by atoms with Crippen molar-refractivity contribution in [3.8, 4) is 0 Å². The molecule has 0 fully saturated rings. The van der Waals surface area contributed by atoms with Crippen molar-refractivity contribution in [1.82, 2.24) is 14.8 Å². The molecule has 4 nitrogen and oxygen atoms in total. The minimum absolute atomic E-state index is 0.276. The van der Waals surface area contributed by atoms with Crippen molar-refractivity contribution >= 4 is 18.0 Å². The third-order valence-corrected chi connectivity index (χ3v) is 3.54. The molecule has 6 heteroatoms. The van der Waals surface area contributed by atoms with E-state index in [1.54, 1.807) is 24.6 Å². The quantitative estimate of drug-likeness (QED) is 0.785. The van der Waals surface area contributed by atoms with E-state index in [9.17, 15) is 9.18 Å². The first-order chi connectivity index (χ1) is 8.13. The van der Waals surface area contributed by atoms with Crippen LogP contribution in [-0.4, -0.2) is 21.1 Å². The van der Waals surface area contributed by atoms with Gasteiger partial charge in [-0.1, -0.05) is 12.1 Å². The number of rotatable bonds is 3. The molecule has 1 heterocycles. The average molecular weight is 251 g/mol. The summed E-state index contributed by atoms with van der Waals surface area (Å²) in [5.41, 5.74) is 0.315. The van der Waals surface area contributed by atoms with Crippen molar-refractivity contribution in [3.05, 3.63) is 35.4 Å². The van der Waals surface area contributed by atoms with E-state index in [2.05, 4.69) is 10.2 Å². The number of hydrogen-bond acceptors (Lipinski definition) is 4. The molecule has 88 valence electrons. The van der Waals surface area contributed by atoms with Crippen LogP contribution >= 0.6 is 11.8 Å². The van der Waals surface area contributed by atoms with E-state index in [1.165, 1.54) is 12.1 Å². The van der Waals surface area contributed by atoms with E-state index in [1.807, 2.05) is 0 Å². The molecule has 0 saturated carbocycles. The molecule has 2 rings (SSSR count).